The number of ether oxygens (including phenoxy) is 3. The van der Waals surface area contributed by atoms with Crippen molar-refractivity contribution < 1.29 is 14.2 Å². The normalized spacial score (nSPS) is 13.8. The molecule has 0 saturated carbocycles. The third kappa shape index (κ3) is 3.62. The molecule has 2 rings (SSSR count). The first kappa shape index (κ1) is 13.2. The number of rotatable bonds is 7. The Morgan fingerprint density at radius 3 is 2.94 bits per heavy atom. The highest BCUT2D eigenvalue weighted by molar-refractivity contribution is 5.63. The Bertz CT molecular complexity index is 368. The van der Waals surface area contributed by atoms with Gasteiger partial charge in [0.15, 0.2) is 0 Å². The summed E-state index contributed by atoms with van der Waals surface area (Å²) in [6.07, 6.45) is 2.32. The van der Waals surface area contributed by atoms with Crippen molar-refractivity contribution in [1.29, 1.82) is 0 Å². The van der Waals surface area contributed by atoms with Crippen molar-refractivity contribution in [3.8, 4) is 5.75 Å². The summed E-state index contributed by atoms with van der Waals surface area (Å²) in [5.74, 6) is 0.933. The SMILES string of the molecule is COCCOCCOc1cccc2c1NCCC2. The molecule has 0 aromatic heterocycles. The zero-order chi connectivity index (χ0) is 12.6. The summed E-state index contributed by atoms with van der Waals surface area (Å²) in [4.78, 5) is 0. The Hall–Kier alpha value is -1.26. The number of anilines is 1. The topological polar surface area (TPSA) is 39.7 Å². The van der Waals surface area contributed by atoms with E-state index in [0.717, 1.165) is 24.4 Å². The number of hydrogen-bond acceptors (Lipinski definition) is 4. The first-order valence-corrected chi connectivity index (χ1v) is 6.47. The van der Waals surface area contributed by atoms with Gasteiger partial charge in [-0.25, -0.2) is 0 Å². The maximum atomic E-state index is 5.76. The molecule has 1 aliphatic rings. The summed E-state index contributed by atoms with van der Waals surface area (Å²) in [7, 11) is 1.67. The van der Waals surface area contributed by atoms with E-state index >= 15 is 0 Å². The molecule has 1 heterocycles. The van der Waals surface area contributed by atoms with Gasteiger partial charge in [0.25, 0.3) is 0 Å². The molecule has 100 valence electrons. The minimum Gasteiger partial charge on any atom is -0.489 e. The predicted molar refractivity (Wildman–Crippen MR) is 71.4 cm³/mol. The van der Waals surface area contributed by atoms with Gasteiger partial charge in [-0.1, -0.05) is 12.1 Å². The number of aryl methyl sites for hydroxylation is 1. The highest BCUT2D eigenvalue weighted by Gasteiger charge is 2.12. The second kappa shape index (κ2) is 7.24. The van der Waals surface area contributed by atoms with Crippen LogP contribution in [0.1, 0.15) is 12.0 Å². The standard InChI is InChI=1S/C14H21NO3/c1-16-8-9-17-10-11-18-13-6-2-4-12-5-3-7-15-14(12)13/h2,4,6,15H,3,5,7-11H2,1H3. The molecular weight excluding hydrogens is 230 g/mol. The molecular formula is C14H21NO3. The second-order valence-corrected chi connectivity index (χ2v) is 4.27. The Kier molecular flexibility index (Phi) is 5.30. The Balaban J connectivity index is 1.79. The number of benzene rings is 1. The van der Waals surface area contributed by atoms with E-state index in [0.29, 0.717) is 26.4 Å². The van der Waals surface area contributed by atoms with Gasteiger partial charge in [-0.15, -0.1) is 0 Å². The summed E-state index contributed by atoms with van der Waals surface area (Å²) >= 11 is 0. The van der Waals surface area contributed by atoms with Gasteiger partial charge in [-0.2, -0.15) is 0 Å². The molecule has 0 unspecified atom stereocenters. The lowest BCUT2D eigenvalue weighted by molar-refractivity contribution is 0.0545. The van der Waals surface area contributed by atoms with Gasteiger partial charge in [-0.05, 0) is 24.5 Å². The molecule has 0 atom stereocenters. The van der Waals surface area contributed by atoms with Crippen LogP contribution in [0, 0.1) is 0 Å². The average molecular weight is 251 g/mol. The van der Waals surface area contributed by atoms with Crippen molar-refractivity contribution in [3.63, 3.8) is 0 Å². The first-order valence-electron chi connectivity index (χ1n) is 6.47. The van der Waals surface area contributed by atoms with Gasteiger partial charge in [-0.3, -0.25) is 0 Å². The fourth-order valence-corrected chi connectivity index (χ4v) is 2.05. The maximum Gasteiger partial charge on any atom is 0.142 e. The molecule has 0 radical (unpaired) electrons. The molecule has 0 fully saturated rings. The molecule has 4 heteroatoms. The molecule has 0 amide bonds. The molecule has 4 nitrogen and oxygen atoms in total. The number of nitrogens with one attached hydrogen (secondary N) is 1. The number of fused-ring (bicyclic) bond motifs is 1. The minimum atomic E-state index is 0.571. The van der Waals surface area contributed by atoms with Crippen LogP contribution in [0.25, 0.3) is 0 Å². The van der Waals surface area contributed by atoms with Crippen LogP contribution in [0.2, 0.25) is 0 Å². The van der Waals surface area contributed by atoms with Crippen LogP contribution in [-0.2, 0) is 15.9 Å². The van der Waals surface area contributed by atoms with E-state index in [1.165, 1.54) is 12.0 Å². The van der Waals surface area contributed by atoms with Crippen molar-refractivity contribution in [3.05, 3.63) is 23.8 Å². The van der Waals surface area contributed by atoms with E-state index in [2.05, 4.69) is 11.4 Å². The van der Waals surface area contributed by atoms with Crippen LogP contribution < -0.4 is 10.1 Å². The van der Waals surface area contributed by atoms with E-state index < -0.39 is 0 Å². The van der Waals surface area contributed by atoms with E-state index in [4.69, 9.17) is 14.2 Å². The molecule has 1 aliphatic heterocycles. The summed E-state index contributed by atoms with van der Waals surface area (Å²) in [5, 5.41) is 3.41. The zero-order valence-electron chi connectivity index (χ0n) is 10.9. The zero-order valence-corrected chi connectivity index (χ0v) is 10.9. The summed E-state index contributed by atoms with van der Waals surface area (Å²) in [6, 6.07) is 6.21. The van der Waals surface area contributed by atoms with Crippen LogP contribution >= 0.6 is 0 Å². The van der Waals surface area contributed by atoms with Crippen LogP contribution in [0.3, 0.4) is 0 Å². The van der Waals surface area contributed by atoms with Crippen molar-refractivity contribution in [1.82, 2.24) is 0 Å². The van der Waals surface area contributed by atoms with Gasteiger partial charge in [0.05, 0.1) is 25.5 Å². The summed E-state index contributed by atoms with van der Waals surface area (Å²) in [6.45, 7) is 3.43. The van der Waals surface area contributed by atoms with Gasteiger partial charge in [0, 0.05) is 13.7 Å². The van der Waals surface area contributed by atoms with Gasteiger partial charge >= 0.3 is 0 Å². The number of hydrogen-bond donors (Lipinski definition) is 1. The molecule has 1 aromatic carbocycles. The Morgan fingerprint density at radius 2 is 2.06 bits per heavy atom. The van der Waals surface area contributed by atoms with Gasteiger partial charge < -0.3 is 19.5 Å². The molecule has 0 bridgehead atoms. The van der Waals surface area contributed by atoms with Crippen molar-refractivity contribution in [2.75, 3.05) is 45.4 Å². The second-order valence-electron chi connectivity index (χ2n) is 4.27. The summed E-state index contributed by atoms with van der Waals surface area (Å²) in [5.41, 5.74) is 2.50. The maximum absolute atomic E-state index is 5.76. The van der Waals surface area contributed by atoms with E-state index in [1.54, 1.807) is 7.11 Å². The highest BCUT2D eigenvalue weighted by atomic mass is 16.5. The quantitative estimate of drug-likeness (QED) is 0.753. The minimum absolute atomic E-state index is 0.571. The first-order chi connectivity index (χ1) is 8.92. The lowest BCUT2D eigenvalue weighted by atomic mass is 10.0. The average Bonchev–Trinajstić information content (AvgIpc) is 2.43. The van der Waals surface area contributed by atoms with Crippen molar-refractivity contribution >= 4 is 5.69 Å². The van der Waals surface area contributed by atoms with Crippen LogP contribution in [0.15, 0.2) is 18.2 Å². The number of methoxy groups -OCH3 is 1. The lowest BCUT2D eigenvalue weighted by Crippen LogP contribution is -2.15. The molecule has 1 aromatic rings. The smallest absolute Gasteiger partial charge is 0.142 e. The molecule has 0 saturated heterocycles. The predicted octanol–water partition coefficient (Wildman–Crippen LogP) is 2.09. The van der Waals surface area contributed by atoms with Gasteiger partial charge in [0.1, 0.15) is 12.4 Å². The van der Waals surface area contributed by atoms with Crippen molar-refractivity contribution in [2.24, 2.45) is 0 Å². The largest absolute Gasteiger partial charge is 0.489 e. The van der Waals surface area contributed by atoms with Crippen LogP contribution in [-0.4, -0.2) is 40.1 Å². The molecule has 0 aliphatic carbocycles. The molecule has 1 N–H and O–H groups in total. The highest BCUT2D eigenvalue weighted by Crippen LogP contribution is 2.31. The monoisotopic (exact) mass is 251 g/mol. The van der Waals surface area contributed by atoms with Gasteiger partial charge in [0.2, 0.25) is 0 Å². The molecule has 0 spiro atoms. The number of para-hydroxylation sites is 1. The van der Waals surface area contributed by atoms with E-state index in [1.807, 2.05) is 12.1 Å². The van der Waals surface area contributed by atoms with Crippen LogP contribution in [0.5, 0.6) is 5.75 Å². The summed E-state index contributed by atoms with van der Waals surface area (Å²) < 4.78 is 16.0. The third-order valence-corrected chi connectivity index (χ3v) is 2.95. The fourth-order valence-electron chi connectivity index (χ4n) is 2.05. The molecule has 18 heavy (non-hydrogen) atoms. The lowest BCUT2D eigenvalue weighted by Gasteiger charge is -2.21. The Morgan fingerprint density at radius 1 is 1.17 bits per heavy atom. The van der Waals surface area contributed by atoms with E-state index in [-0.39, 0.29) is 0 Å². The Labute approximate surface area is 108 Å². The van der Waals surface area contributed by atoms with E-state index in [9.17, 15) is 0 Å². The third-order valence-electron chi connectivity index (χ3n) is 2.95. The van der Waals surface area contributed by atoms with Crippen LogP contribution in [0.4, 0.5) is 5.69 Å². The van der Waals surface area contributed by atoms with Crippen molar-refractivity contribution in [2.45, 2.75) is 12.8 Å². The fraction of sp³-hybridized carbons (Fsp3) is 0.571.